The largest absolute Gasteiger partial charge is 0.495 e. The summed E-state index contributed by atoms with van der Waals surface area (Å²) in [6.07, 6.45) is 1.66. The van der Waals surface area contributed by atoms with Crippen molar-refractivity contribution in [3.8, 4) is 5.75 Å². The quantitative estimate of drug-likeness (QED) is 0.848. The minimum Gasteiger partial charge on any atom is -0.495 e. The number of nitrogens with two attached hydrogens (primary N) is 1. The van der Waals surface area contributed by atoms with E-state index in [1.165, 1.54) is 0 Å². The molecule has 0 saturated heterocycles. The Morgan fingerprint density at radius 3 is 2.89 bits per heavy atom. The highest BCUT2D eigenvalue weighted by Gasteiger charge is 2.07. The van der Waals surface area contributed by atoms with Gasteiger partial charge in [-0.15, -0.1) is 0 Å². The average Bonchev–Trinajstić information content (AvgIpc) is 2.41. The number of nitrogens with zero attached hydrogens (tertiary/aromatic N) is 1. The van der Waals surface area contributed by atoms with Crippen molar-refractivity contribution in [2.24, 2.45) is 5.73 Å². The summed E-state index contributed by atoms with van der Waals surface area (Å²) in [7, 11) is 1.56. The Balaban J connectivity index is 2.34. The minimum atomic E-state index is 0.288. The molecule has 0 amide bonds. The number of halogens is 1. The Morgan fingerprint density at radius 2 is 2.21 bits per heavy atom. The summed E-state index contributed by atoms with van der Waals surface area (Å²) in [5, 5.41) is 3.68. The first kappa shape index (κ1) is 13.6. The maximum absolute atomic E-state index is 5.97. The molecule has 0 spiro atoms. The third-order valence-electron chi connectivity index (χ3n) is 2.49. The molecule has 0 unspecified atom stereocenters. The second-order valence-electron chi connectivity index (χ2n) is 3.74. The van der Waals surface area contributed by atoms with E-state index in [9.17, 15) is 0 Å². The fourth-order valence-corrected chi connectivity index (χ4v) is 1.94. The van der Waals surface area contributed by atoms with Crippen molar-refractivity contribution in [2.45, 2.75) is 0 Å². The van der Waals surface area contributed by atoms with Gasteiger partial charge in [0.25, 0.3) is 0 Å². The molecule has 1 heterocycles. The van der Waals surface area contributed by atoms with E-state index in [0.717, 1.165) is 5.69 Å². The summed E-state index contributed by atoms with van der Waals surface area (Å²) < 4.78 is 5.16. The number of thiocarbonyl (C=S) groups is 1. The fraction of sp³-hybridized carbons (Fsp3) is 0.0769. The van der Waals surface area contributed by atoms with Gasteiger partial charge in [-0.2, -0.15) is 0 Å². The highest BCUT2D eigenvalue weighted by atomic mass is 35.5. The van der Waals surface area contributed by atoms with Crippen LogP contribution in [0.15, 0.2) is 36.5 Å². The molecule has 0 atom stereocenters. The molecule has 1 aromatic heterocycles. The Hall–Kier alpha value is -1.85. The van der Waals surface area contributed by atoms with Crippen LogP contribution in [-0.4, -0.2) is 17.1 Å². The van der Waals surface area contributed by atoms with Crippen LogP contribution in [0.1, 0.15) is 5.56 Å². The number of rotatable bonds is 4. The smallest absolute Gasteiger partial charge is 0.140 e. The number of anilines is 2. The van der Waals surface area contributed by atoms with Gasteiger partial charge in [0.15, 0.2) is 0 Å². The van der Waals surface area contributed by atoms with Crippen molar-refractivity contribution in [1.82, 2.24) is 4.98 Å². The van der Waals surface area contributed by atoms with E-state index >= 15 is 0 Å². The SMILES string of the molecule is COc1cc(Nc2ncccc2C(N)=S)ccc1Cl. The zero-order valence-corrected chi connectivity index (χ0v) is 11.8. The predicted octanol–water partition coefficient (Wildman–Crippen LogP) is 3.12. The molecule has 2 aromatic rings. The van der Waals surface area contributed by atoms with Gasteiger partial charge in [-0.3, -0.25) is 0 Å². The zero-order valence-electron chi connectivity index (χ0n) is 10.2. The highest BCUT2D eigenvalue weighted by molar-refractivity contribution is 7.80. The van der Waals surface area contributed by atoms with Crippen molar-refractivity contribution >= 4 is 40.3 Å². The predicted molar refractivity (Wildman–Crippen MR) is 81.4 cm³/mol. The second-order valence-corrected chi connectivity index (χ2v) is 4.59. The fourth-order valence-electron chi connectivity index (χ4n) is 1.58. The average molecular weight is 294 g/mol. The third kappa shape index (κ3) is 3.13. The normalized spacial score (nSPS) is 10.0. The van der Waals surface area contributed by atoms with Crippen LogP contribution >= 0.6 is 23.8 Å². The molecule has 1 aromatic carbocycles. The molecule has 3 N–H and O–H groups in total. The number of pyridine rings is 1. The van der Waals surface area contributed by atoms with E-state index in [-0.39, 0.29) is 4.99 Å². The molecule has 4 nitrogen and oxygen atoms in total. The van der Waals surface area contributed by atoms with Gasteiger partial charge < -0.3 is 15.8 Å². The lowest BCUT2D eigenvalue weighted by Crippen LogP contribution is -2.12. The molecule has 0 aliphatic carbocycles. The lowest BCUT2D eigenvalue weighted by Gasteiger charge is -2.11. The van der Waals surface area contributed by atoms with Crippen molar-refractivity contribution in [1.29, 1.82) is 0 Å². The van der Waals surface area contributed by atoms with Gasteiger partial charge in [-0.05, 0) is 24.3 Å². The first-order chi connectivity index (χ1) is 9.11. The van der Waals surface area contributed by atoms with Gasteiger partial charge in [-0.1, -0.05) is 23.8 Å². The standard InChI is InChI=1S/C13H12ClN3OS/c1-18-11-7-8(4-5-10(11)14)17-13-9(12(15)19)3-2-6-16-13/h2-7H,1H3,(H2,15,19)(H,16,17). The summed E-state index contributed by atoms with van der Waals surface area (Å²) in [4.78, 5) is 4.51. The molecule has 0 fully saturated rings. The van der Waals surface area contributed by atoms with E-state index in [1.807, 2.05) is 12.1 Å². The van der Waals surface area contributed by atoms with Crippen molar-refractivity contribution in [2.75, 3.05) is 12.4 Å². The molecule has 6 heteroatoms. The van der Waals surface area contributed by atoms with E-state index in [4.69, 9.17) is 34.3 Å². The maximum Gasteiger partial charge on any atom is 0.140 e. The molecule has 98 valence electrons. The summed E-state index contributed by atoms with van der Waals surface area (Å²) in [5.74, 6) is 1.18. The Kier molecular flexibility index (Phi) is 4.19. The monoisotopic (exact) mass is 293 g/mol. The van der Waals surface area contributed by atoms with E-state index in [2.05, 4.69) is 10.3 Å². The lowest BCUT2D eigenvalue weighted by atomic mass is 10.2. The van der Waals surface area contributed by atoms with Crippen molar-refractivity contribution in [3.63, 3.8) is 0 Å². The first-order valence-corrected chi connectivity index (χ1v) is 6.26. The summed E-state index contributed by atoms with van der Waals surface area (Å²) >= 11 is 11.0. The topological polar surface area (TPSA) is 60.2 Å². The van der Waals surface area contributed by atoms with Gasteiger partial charge in [0.1, 0.15) is 16.6 Å². The van der Waals surface area contributed by atoms with E-state index in [0.29, 0.717) is 22.2 Å². The summed E-state index contributed by atoms with van der Waals surface area (Å²) in [6.45, 7) is 0. The Bertz CT molecular complexity index is 619. The van der Waals surface area contributed by atoms with E-state index in [1.54, 1.807) is 31.5 Å². The number of nitrogens with one attached hydrogen (secondary N) is 1. The van der Waals surface area contributed by atoms with Crippen LogP contribution in [0.25, 0.3) is 0 Å². The van der Waals surface area contributed by atoms with Crippen LogP contribution in [0.2, 0.25) is 5.02 Å². The van der Waals surface area contributed by atoms with Gasteiger partial charge >= 0.3 is 0 Å². The van der Waals surface area contributed by atoms with Crippen LogP contribution in [0.4, 0.5) is 11.5 Å². The molecule has 0 aliphatic heterocycles. The van der Waals surface area contributed by atoms with Gasteiger partial charge in [0.05, 0.1) is 17.7 Å². The molecule has 19 heavy (non-hydrogen) atoms. The van der Waals surface area contributed by atoms with Crippen LogP contribution in [0.5, 0.6) is 5.75 Å². The van der Waals surface area contributed by atoms with Gasteiger partial charge in [0, 0.05) is 18.0 Å². The number of ether oxygens (including phenoxy) is 1. The molecule has 0 aliphatic rings. The number of aromatic nitrogens is 1. The molecule has 0 bridgehead atoms. The zero-order chi connectivity index (χ0) is 13.8. The van der Waals surface area contributed by atoms with Crippen LogP contribution < -0.4 is 15.8 Å². The van der Waals surface area contributed by atoms with Crippen molar-refractivity contribution < 1.29 is 4.74 Å². The Morgan fingerprint density at radius 1 is 1.42 bits per heavy atom. The van der Waals surface area contributed by atoms with Crippen molar-refractivity contribution in [3.05, 3.63) is 47.1 Å². The molecule has 0 radical (unpaired) electrons. The summed E-state index contributed by atoms with van der Waals surface area (Å²) in [6, 6.07) is 8.93. The van der Waals surface area contributed by atoms with Crippen LogP contribution in [0.3, 0.4) is 0 Å². The number of benzene rings is 1. The second kappa shape index (κ2) is 5.86. The number of hydrogen-bond acceptors (Lipinski definition) is 4. The summed E-state index contributed by atoms with van der Waals surface area (Å²) in [5.41, 5.74) is 7.13. The molecule has 2 rings (SSSR count). The lowest BCUT2D eigenvalue weighted by molar-refractivity contribution is 0.415. The van der Waals surface area contributed by atoms with E-state index < -0.39 is 0 Å². The highest BCUT2D eigenvalue weighted by Crippen LogP contribution is 2.29. The van der Waals surface area contributed by atoms with Crippen LogP contribution in [0, 0.1) is 0 Å². The molecule has 0 saturated carbocycles. The van der Waals surface area contributed by atoms with Crippen LogP contribution in [-0.2, 0) is 0 Å². The third-order valence-corrected chi connectivity index (χ3v) is 3.02. The first-order valence-electron chi connectivity index (χ1n) is 5.47. The van der Waals surface area contributed by atoms with Gasteiger partial charge in [-0.25, -0.2) is 4.98 Å². The maximum atomic E-state index is 5.97. The number of hydrogen-bond donors (Lipinski definition) is 2. The molecular formula is C13H12ClN3OS. The minimum absolute atomic E-state index is 0.288. The van der Waals surface area contributed by atoms with Gasteiger partial charge in [0.2, 0.25) is 0 Å². The Labute approximate surface area is 121 Å². The number of methoxy groups -OCH3 is 1. The molecular weight excluding hydrogens is 282 g/mol.